The van der Waals surface area contributed by atoms with Crippen LogP contribution in [0, 0.1) is 0 Å². The Morgan fingerprint density at radius 2 is 1.79 bits per heavy atom. The summed E-state index contributed by atoms with van der Waals surface area (Å²) in [6.07, 6.45) is 2.06. The first-order valence-electron chi connectivity index (χ1n) is 11.3. The molecule has 1 saturated carbocycles. The van der Waals surface area contributed by atoms with Crippen LogP contribution in [0.2, 0.25) is 0 Å². The highest BCUT2D eigenvalue weighted by molar-refractivity contribution is 5.95. The molecular formula is C26H26N4O3. The average Bonchev–Trinajstić information content (AvgIpc) is 3.63. The summed E-state index contributed by atoms with van der Waals surface area (Å²) >= 11 is 0. The van der Waals surface area contributed by atoms with Gasteiger partial charge in [-0.1, -0.05) is 48.5 Å². The Morgan fingerprint density at radius 3 is 2.42 bits per heavy atom. The number of ether oxygens (including phenoxy) is 1. The molecule has 2 aromatic carbocycles. The van der Waals surface area contributed by atoms with E-state index in [1.165, 1.54) is 0 Å². The van der Waals surface area contributed by atoms with E-state index in [1.54, 1.807) is 11.5 Å². The Morgan fingerprint density at radius 1 is 1.12 bits per heavy atom. The standard InChI is InChI=1S/C26H26N4O3/c1-3-33-25(31)20-16(2)27-24-22(21(20)17-10-6-4-7-11-17)23(28-18-14-15-18)29-26(32)30(24)19-12-8-5-9-13-19/h4-13,18,21,27H,3,14-15H2,1-2H3,(H,28,29,32). The van der Waals surface area contributed by atoms with Gasteiger partial charge in [0.1, 0.15) is 11.6 Å². The van der Waals surface area contributed by atoms with Crippen LogP contribution in [0.15, 0.2) is 76.7 Å². The van der Waals surface area contributed by atoms with Gasteiger partial charge in [-0.25, -0.2) is 14.2 Å². The van der Waals surface area contributed by atoms with Crippen molar-refractivity contribution < 1.29 is 9.53 Å². The molecule has 2 aliphatic rings. The minimum Gasteiger partial charge on any atom is -0.463 e. The van der Waals surface area contributed by atoms with Crippen molar-refractivity contribution in [2.45, 2.75) is 38.6 Å². The third-order valence-corrected chi connectivity index (χ3v) is 5.98. The van der Waals surface area contributed by atoms with Gasteiger partial charge in [0.05, 0.1) is 23.8 Å². The number of hydrogen-bond acceptors (Lipinski definition) is 6. The number of allylic oxidation sites excluding steroid dienone is 1. The summed E-state index contributed by atoms with van der Waals surface area (Å²) in [7, 11) is 0. The number of benzene rings is 2. The lowest BCUT2D eigenvalue weighted by Crippen LogP contribution is -2.33. The number of anilines is 2. The molecule has 3 aromatic rings. The highest BCUT2D eigenvalue weighted by Crippen LogP contribution is 2.45. The molecule has 0 amide bonds. The molecule has 5 rings (SSSR count). The molecule has 1 fully saturated rings. The van der Waals surface area contributed by atoms with E-state index in [4.69, 9.17) is 4.74 Å². The third-order valence-electron chi connectivity index (χ3n) is 5.98. The number of carbonyl (C=O) groups excluding carboxylic acids is 1. The fourth-order valence-electron chi connectivity index (χ4n) is 4.34. The van der Waals surface area contributed by atoms with Gasteiger partial charge in [0.15, 0.2) is 0 Å². The molecule has 2 N–H and O–H groups in total. The number of nitrogens with one attached hydrogen (secondary N) is 2. The predicted octanol–water partition coefficient (Wildman–Crippen LogP) is 4.20. The molecule has 0 spiro atoms. The maximum absolute atomic E-state index is 13.2. The summed E-state index contributed by atoms with van der Waals surface area (Å²) in [4.78, 5) is 30.9. The molecule has 1 aliphatic heterocycles. The minimum absolute atomic E-state index is 0.277. The van der Waals surface area contributed by atoms with Gasteiger partial charge in [0, 0.05) is 17.3 Å². The molecule has 7 nitrogen and oxygen atoms in total. The Kier molecular flexibility index (Phi) is 5.46. The van der Waals surface area contributed by atoms with Crippen molar-refractivity contribution in [3.8, 4) is 5.69 Å². The first kappa shape index (κ1) is 21.0. The highest BCUT2D eigenvalue weighted by Gasteiger charge is 2.38. The summed E-state index contributed by atoms with van der Waals surface area (Å²) < 4.78 is 7.02. The maximum atomic E-state index is 13.2. The number of fused-ring (bicyclic) bond motifs is 1. The quantitative estimate of drug-likeness (QED) is 0.557. The van der Waals surface area contributed by atoms with Crippen LogP contribution in [0.1, 0.15) is 43.7 Å². The van der Waals surface area contributed by atoms with Crippen molar-refractivity contribution in [2.75, 3.05) is 17.2 Å². The van der Waals surface area contributed by atoms with Gasteiger partial charge < -0.3 is 15.4 Å². The van der Waals surface area contributed by atoms with Crippen LogP contribution in [0.5, 0.6) is 0 Å². The molecule has 1 unspecified atom stereocenters. The van der Waals surface area contributed by atoms with Crippen molar-refractivity contribution in [3.63, 3.8) is 0 Å². The average molecular weight is 443 g/mol. The SMILES string of the molecule is CCOC(=O)C1=C(C)Nc2c(c(NC3CC3)nc(=O)n2-c2ccccc2)C1c1ccccc1. The largest absolute Gasteiger partial charge is 0.463 e. The first-order chi connectivity index (χ1) is 16.1. The van der Waals surface area contributed by atoms with Gasteiger partial charge in [-0.05, 0) is 44.4 Å². The second kappa shape index (κ2) is 8.58. The van der Waals surface area contributed by atoms with Gasteiger partial charge >= 0.3 is 11.7 Å². The van der Waals surface area contributed by atoms with Crippen molar-refractivity contribution in [3.05, 3.63) is 93.5 Å². The summed E-state index contributed by atoms with van der Waals surface area (Å²) in [5.41, 5.74) is 3.20. The van der Waals surface area contributed by atoms with Crippen molar-refractivity contribution in [2.24, 2.45) is 0 Å². The normalized spacial score (nSPS) is 17.2. The first-order valence-corrected chi connectivity index (χ1v) is 11.3. The zero-order valence-corrected chi connectivity index (χ0v) is 18.7. The van der Waals surface area contributed by atoms with Gasteiger partial charge in [-0.15, -0.1) is 0 Å². The fourth-order valence-corrected chi connectivity index (χ4v) is 4.34. The zero-order valence-electron chi connectivity index (χ0n) is 18.7. The van der Waals surface area contributed by atoms with E-state index in [1.807, 2.05) is 67.6 Å². The van der Waals surface area contributed by atoms with Crippen molar-refractivity contribution in [1.82, 2.24) is 9.55 Å². The predicted molar refractivity (Wildman–Crippen MR) is 128 cm³/mol. The summed E-state index contributed by atoms with van der Waals surface area (Å²) in [6.45, 7) is 3.92. The van der Waals surface area contributed by atoms with Gasteiger partial charge in [-0.2, -0.15) is 4.98 Å². The molecule has 1 aliphatic carbocycles. The lowest BCUT2D eigenvalue weighted by atomic mass is 9.81. The van der Waals surface area contributed by atoms with Crippen molar-refractivity contribution >= 4 is 17.6 Å². The Hall–Kier alpha value is -3.87. The molecule has 0 saturated heterocycles. The Bertz CT molecular complexity index is 1280. The van der Waals surface area contributed by atoms with Gasteiger partial charge in [0.2, 0.25) is 0 Å². The number of nitrogens with zero attached hydrogens (tertiary/aromatic N) is 2. The van der Waals surface area contributed by atoms with Crippen LogP contribution in [-0.4, -0.2) is 28.2 Å². The molecule has 7 heteroatoms. The van der Waals surface area contributed by atoms with Crippen LogP contribution < -0.4 is 16.3 Å². The van der Waals surface area contributed by atoms with Crippen LogP contribution >= 0.6 is 0 Å². The van der Waals surface area contributed by atoms with E-state index in [9.17, 15) is 9.59 Å². The maximum Gasteiger partial charge on any atom is 0.355 e. The van der Waals surface area contributed by atoms with Crippen LogP contribution in [0.3, 0.4) is 0 Å². The van der Waals surface area contributed by atoms with E-state index in [-0.39, 0.29) is 24.3 Å². The topological polar surface area (TPSA) is 85.2 Å². The zero-order chi connectivity index (χ0) is 22.9. The molecular weight excluding hydrogens is 416 g/mol. The van der Waals surface area contributed by atoms with Gasteiger partial charge in [-0.3, -0.25) is 0 Å². The van der Waals surface area contributed by atoms with E-state index < -0.39 is 5.92 Å². The van der Waals surface area contributed by atoms with Crippen LogP contribution in [0.4, 0.5) is 11.6 Å². The van der Waals surface area contributed by atoms with E-state index >= 15 is 0 Å². The minimum atomic E-state index is -0.439. The van der Waals surface area contributed by atoms with Crippen LogP contribution in [0.25, 0.3) is 5.69 Å². The smallest absolute Gasteiger partial charge is 0.355 e. The number of aromatic nitrogens is 2. The lowest BCUT2D eigenvalue weighted by Gasteiger charge is -2.33. The molecule has 0 radical (unpaired) electrons. The third kappa shape index (κ3) is 3.91. The molecule has 168 valence electrons. The fraction of sp³-hybridized carbons (Fsp3) is 0.269. The Labute approximate surface area is 192 Å². The second-order valence-corrected chi connectivity index (χ2v) is 8.32. The molecule has 1 aromatic heterocycles. The second-order valence-electron chi connectivity index (χ2n) is 8.32. The number of hydrogen-bond donors (Lipinski definition) is 2. The summed E-state index contributed by atoms with van der Waals surface area (Å²) in [6, 6.07) is 19.5. The summed E-state index contributed by atoms with van der Waals surface area (Å²) in [5.74, 6) is 0.312. The van der Waals surface area contributed by atoms with Gasteiger partial charge in [0.25, 0.3) is 0 Å². The Balaban J connectivity index is 1.81. The molecule has 1 atom stereocenters. The van der Waals surface area contributed by atoms with E-state index in [0.717, 1.165) is 24.0 Å². The molecule has 2 heterocycles. The lowest BCUT2D eigenvalue weighted by molar-refractivity contribution is -0.138. The summed E-state index contributed by atoms with van der Waals surface area (Å²) in [5, 5.41) is 6.78. The molecule has 0 bridgehead atoms. The van der Waals surface area contributed by atoms with E-state index in [0.29, 0.717) is 28.6 Å². The highest BCUT2D eigenvalue weighted by atomic mass is 16.5. The molecule has 33 heavy (non-hydrogen) atoms. The van der Waals surface area contributed by atoms with Crippen molar-refractivity contribution in [1.29, 1.82) is 0 Å². The van der Waals surface area contributed by atoms with E-state index in [2.05, 4.69) is 15.6 Å². The number of rotatable bonds is 6. The monoisotopic (exact) mass is 442 g/mol. The number of carbonyl (C=O) groups is 1. The number of esters is 1. The number of para-hydroxylation sites is 1. The van der Waals surface area contributed by atoms with Crippen LogP contribution in [-0.2, 0) is 9.53 Å².